The van der Waals surface area contributed by atoms with Crippen LogP contribution in [0.5, 0.6) is 0 Å². The van der Waals surface area contributed by atoms with Crippen molar-refractivity contribution in [3.63, 3.8) is 0 Å². The molecule has 0 fully saturated rings. The molecule has 33 heavy (non-hydrogen) atoms. The maximum atomic E-state index is 13.0. The standard InChI is InChI=1S/C26H26N4O2S/c1-16(2)18-8-10-19(11-9-18)24(22-7-5-13-33-22)29-23(31)14-21-17(3)28-25(30-26(21)32)20-6-4-12-27-15-20/h4-13,15-16,24H,14H2,1-3H3,(H,29,31)(H,28,30,32). The number of thiophene rings is 1. The molecule has 1 aromatic carbocycles. The lowest BCUT2D eigenvalue weighted by molar-refractivity contribution is -0.120. The number of carbonyl (C=O) groups excluding carboxylic acids is 1. The summed E-state index contributed by atoms with van der Waals surface area (Å²) in [5.41, 5.74) is 3.55. The van der Waals surface area contributed by atoms with Crippen LogP contribution in [0.25, 0.3) is 11.4 Å². The molecular formula is C26H26N4O2S. The van der Waals surface area contributed by atoms with E-state index in [4.69, 9.17) is 0 Å². The van der Waals surface area contributed by atoms with Crippen LogP contribution in [0.4, 0.5) is 0 Å². The number of H-pyrrole nitrogens is 1. The number of aryl methyl sites for hydroxylation is 1. The van der Waals surface area contributed by atoms with Crippen molar-refractivity contribution in [1.29, 1.82) is 0 Å². The highest BCUT2D eigenvalue weighted by molar-refractivity contribution is 7.10. The Balaban J connectivity index is 1.56. The Morgan fingerprint density at radius 1 is 1.09 bits per heavy atom. The van der Waals surface area contributed by atoms with E-state index in [9.17, 15) is 9.59 Å². The molecule has 0 aliphatic rings. The highest BCUT2D eigenvalue weighted by Crippen LogP contribution is 2.27. The van der Waals surface area contributed by atoms with Gasteiger partial charge in [0.1, 0.15) is 5.82 Å². The Morgan fingerprint density at radius 3 is 2.45 bits per heavy atom. The Morgan fingerprint density at radius 2 is 1.85 bits per heavy atom. The van der Waals surface area contributed by atoms with Gasteiger partial charge in [-0.05, 0) is 47.5 Å². The van der Waals surface area contributed by atoms with Gasteiger partial charge >= 0.3 is 0 Å². The molecule has 1 unspecified atom stereocenters. The van der Waals surface area contributed by atoms with Crippen LogP contribution in [0.1, 0.15) is 53.1 Å². The van der Waals surface area contributed by atoms with Gasteiger partial charge in [0.15, 0.2) is 0 Å². The van der Waals surface area contributed by atoms with Gasteiger partial charge in [-0.2, -0.15) is 0 Å². The van der Waals surface area contributed by atoms with Crippen molar-refractivity contribution in [1.82, 2.24) is 20.3 Å². The number of aromatic amines is 1. The average Bonchev–Trinajstić information content (AvgIpc) is 3.35. The number of aromatic nitrogens is 3. The van der Waals surface area contributed by atoms with Crippen molar-refractivity contribution in [3.05, 3.63) is 104 Å². The van der Waals surface area contributed by atoms with E-state index in [1.54, 1.807) is 36.7 Å². The van der Waals surface area contributed by atoms with E-state index in [1.165, 1.54) is 5.56 Å². The monoisotopic (exact) mass is 458 g/mol. The summed E-state index contributed by atoms with van der Waals surface area (Å²) in [4.78, 5) is 38.2. The molecule has 2 N–H and O–H groups in total. The van der Waals surface area contributed by atoms with Crippen molar-refractivity contribution in [2.75, 3.05) is 0 Å². The number of benzene rings is 1. The molecule has 7 heteroatoms. The topological polar surface area (TPSA) is 87.7 Å². The lowest BCUT2D eigenvalue weighted by Crippen LogP contribution is -2.32. The van der Waals surface area contributed by atoms with Crippen LogP contribution >= 0.6 is 11.3 Å². The highest BCUT2D eigenvalue weighted by atomic mass is 32.1. The SMILES string of the molecule is Cc1nc(-c2cccnc2)[nH]c(=O)c1CC(=O)NC(c1ccc(C(C)C)cc1)c1cccs1. The molecule has 0 bridgehead atoms. The van der Waals surface area contributed by atoms with Crippen LogP contribution in [0, 0.1) is 6.92 Å². The Labute approximate surface area is 196 Å². The molecule has 3 heterocycles. The first-order valence-corrected chi connectivity index (χ1v) is 11.7. The molecule has 6 nitrogen and oxygen atoms in total. The van der Waals surface area contributed by atoms with E-state index in [0.29, 0.717) is 23.0 Å². The molecular weight excluding hydrogens is 432 g/mol. The van der Waals surface area contributed by atoms with Gasteiger partial charge in [-0.3, -0.25) is 14.6 Å². The maximum absolute atomic E-state index is 13.0. The normalized spacial score (nSPS) is 12.0. The largest absolute Gasteiger partial charge is 0.344 e. The number of amides is 1. The van der Waals surface area contributed by atoms with Crippen LogP contribution in [0.3, 0.4) is 0 Å². The minimum absolute atomic E-state index is 0.0482. The molecule has 1 atom stereocenters. The zero-order valence-electron chi connectivity index (χ0n) is 18.8. The van der Waals surface area contributed by atoms with Gasteiger partial charge in [-0.1, -0.05) is 44.2 Å². The Bertz CT molecular complexity index is 1280. The van der Waals surface area contributed by atoms with E-state index < -0.39 is 0 Å². The third-order valence-corrected chi connectivity index (χ3v) is 6.50. The second kappa shape index (κ2) is 9.92. The molecule has 0 saturated carbocycles. The minimum Gasteiger partial charge on any atom is -0.344 e. The third-order valence-electron chi connectivity index (χ3n) is 5.56. The van der Waals surface area contributed by atoms with Crippen molar-refractivity contribution in [3.8, 4) is 11.4 Å². The van der Waals surface area contributed by atoms with Crippen LogP contribution in [0.2, 0.25) is 0 Å². The van der Waals surface area contributed by atoms with E-state index in [0.717, 1.165) is 16.0 Å². The summed E-state index contributed by atoms with van der Waals surface area (Å²) >= 11 is 1.59. The minimum atomic E-state index is -0.314. The molecule has 4 rings (SSSR count). The van der Waals surface area contributed by atoms with Gasteiger partial charge in [0.05, 0.1) is 12.5 Å². The summed E-state index contributed by atoms with van der Waals surface area (Å²) < 4.78 is 0. The molecule has 1 amide bonds. The molecule has 3 aromatic heterocycles. The smallest absolute Gasteiger partial charge is 0.255 e. The molecule has 168 valence electrons. The van der Waals surface area contributed by atoms with Gasteiger partial charge in [0.25, 0.3) is 5.56 Å². The Hall–Kier alpha value is -3.58. The first-order chi connectivity index (χ1) is 15.9. The fraction of sp³-hybridized carbons (Fsp3) is 0.231. The molecule has 0 aliphatic carbocycles. The fourth-order valence-electron chi connectivity index (χ4n) is 3.68. The number of carbonyl (C=O) groups is 1. The van der Waals surface area contributed by atoms with E-state index in [1.807, 2.05) is 23.6 Å². The summed E-state index contributed by atoms with van der Waals surface area (Å²) in [6.45, 7) is 6.06. The van der Waals surface area contributed by atoms with Crippen LogP contribution < -0.4 is 10.9 Å². The molecule has 0 saturated heterocycles. The van der Waals surface area contributed by atoms with Crippen molar-refractivity contribution in [2.24, 2.45) is 0 Å². The predicted molar refractivity (Wildman–Crippen MR) is 131 cm³/mol. The number of hydrogen-bond acceptors (Lipinski definition) is 5. The number of nitrogens with zero attached hydrogens (tertiary/aromatic N) is 2. The summed E-state index contributed by atoms with van der Waals surface area (Å²) in [5.74, 6) is 0.646. The number of nitrogens with one attached hydrogen (secondary N) is 2. The van der Waals surface area contributed by atoms with Crippen molar-refractivity contribution in [2.45, 2.75) is 39.2 Å². The number of hydrogen-bond donors (Lipinski definition) is 2. The van der Waals surface area contributed by atoms with Crippen molar-refractivity contribution < 1.29 is 4.79 Å². The summed E-state index contributed by atoms with van der Waals surface area (Å²) in [7, 11) is 0. The summed E-state index contributed by atoms with van der Waals surface area (Å²) in [5, 5.41) is 5.11. The van der Waals surface area contributed by atoms with Gasteiger partial charge in [0.2, 0.25) is 5.91 Å². The first kappa shape index (κ1) is 22.6. The van der Waals surface area contributed by atoms with Gasteiger partial charge in [0, 0.05) is 34.1 Å². The lowest BCUT2D eigenvalue weighted by atomic mass is 9.98. The van der Waals surface area contributed by atoms with Gasteiger partial charge in [-0.15, -0.1) is 11.3 Å². The summed E-state index contributed by atoms with van der Waals surface area (Å²) in [6.07, 6.45) is 3.25. The Kier molecular flexibility index (Phi) is 6.79. The lowest BCUT2D eigenvalue weighted by Gasteiger charge is -2.19. The predicted octanol–water partition coefficient (Wildman–Crippen LogP) is 4.77. The van der Waals surface area contributed by atoms with Crippen LogP contribution in [-0.2, 0) is 11.2 Å². The molecule has 4 aromatic rings. The van der Waals surface area contributed by atoms with E-state index >= 15 is 0 Å². The highest BCUT2D eigenvalue weighted by Gasteiger charge is 2.20. The van der Waals surface area contributed by atoms with Gasteiger partial charge in [-0.25, -0.2) is 4.98 Å². The molecule has 0 radical (unpaired) electrons. The average molecular weight is 459 g/mol. The maximum Gasteiger partial charge on any atom is 0.255 e. The third kappa shape index (κ3) is 5.26. The summed E-state index contributed by atoms with van der Waals surface area (Å²) in [6, 6.07) is 15.6. The zero-order chi connectivity index (χ0) is 23.4. The zero-order valence-corrected chi connectivity index (χ0v) is 19.6. The molecule has 0 aliphatic heterocycles. The van der Waals surface area contributed by atoms with Crippen LogP contribution in [-0.4, -0.2) is 20.9 Å². The second-order valence-corrected chi connectivity index (χ2v) is 9.21. The van der Waals surface area contributed by atoms with E-state index in [-0.39, 0.29) is 23.9 Å². The molecule has 0 spiro atoms. The number of pyridine rings is 1. The fourth-order valence-corrected chi connectivity index (χ4v) is 4.48. The van der Waals surface area contributed by atoms with Crippen molar-refractivity contribution >= 4 is 17.2 Å². The van der Waals surface area contributed by atoms with Crippen LogP contribution in [0.15, 0.2) is 71.1 Å². The van der Waals surface area contributed by atoms with E-state index in [2.05, 4.69) is 58.4 Å². The number of rotatable bonds is 7. The first-order valence-electron chi connectivity index (χ1n) is 10.8. The second-order valence-electron chi connectivity index (χ2n) is 8.23. The van der Waals surface area contributed by atoms with Gasteiger partial charge < -0.3 is 10.3 Å². The quantitative estimate of drug-likeness (QED) is 0.417.